The molecule has 1 fully saturated rings. The summed E-state index contributed by atoms with van der Waals surface area (Å²) >= 11 is 0. The average Bonchev–Trinajstić information content (AvgIpc) is 2.37. The van der Waals surface area contributed by atoms with Gasteiger partial charge in [0.05, 0.1) is 0 Å². The molecule has 0 aliphatic carbocycles. The summed E-state index contributed by atoms with van der Waals surface area (Å²) in [6, 6.07) is 4.81. The van der Waals surface area contributed by atoms with Gasteiger partial charge in [0.25, 0.3) is 0 Å². The van der Waals surface area contributed by atoms with Crippen LogP contribution in [0, 0.1) is 0 Å². The molecule has 3 heteroatoms. The van der Waals surface area contributed by atoms with Crippen LogP contribution in [-0.2, 0) is 0 Å². The molecule has 17 heavy (non-hydrogen) atoms. The van der Waals surface area contributed by atoms with Gasteiger partial charge in [0.15, 0.2) is 0 Å². The van der Waals surface area contributed by atoms with E-state index in [4.69, 9.17) is 0 Å². The van der Waals surface area contributed by atoms with Gasteiger partial charge in [-0.1, -0.05) is 19.4 Å². The van der Waals surface area contributed by atoms with Crippen molar-refractivity contribution in [2.45, 2.75) is 38.6 Å². The van der Waals surface area contributed by atoms with E-state index in [1.165, 1.54) is 31.4 Å². The fourth-order valence-electron chi connectivity index (χ4n) is 2.55. The van der Waals surface area contributed by atoms with Gasteiger partial charge in [0, 0.05) is 24.3 Å². The first kappa shape index (κ1) is 12.4. The Hall–Kier alpha value is -1.09. The second-order valence-corrected chi connectivity index (χ2v) is 4.86. The molecule has 1 saturated heterocycles. The fourth-order valence-corrected chi connectivity index (χ4v) is 2.55. The number of hydrogen-bond acceptors (Lipinski definition) is 3. The van der Waals surface area contributed by atoms with Crippen LogP contribution < -0.4 is 5.32 Å². The highest BCUT2D eigenvalue weighted by atomic mass is 15.1. The van der Waals surface area contributed by atoms with E-state index in [2.05, 4.69) is 41.3 Å². The highest BCUT2D eigenvalue weighted by Gasteiger charge is 2.23. The van der Waals surface area contributed by atoms with Crippen LogP contribution in [0.2, 0.25) is 0 Å². The predicted octanol–water partition coefficient (Wildman–Crippen LogP) is 3.06. The minimum Gasteiger partial charge on any atom is -0.370 e. The van der Waals surface area contributed by atoms with Crippen molar-refractivity contribution in [3.05, 3.63) is 23.9 Å². The van der Waals surface area contributed by atoms with E-state index < -0.39 is 0 Å². The Bertz CT molecular complexity index is 351. The molecule has 1 N–H and O–H groups in total. The zero-order valence-corrected chi connectivity index (χ0v) is 10.9. The van der Waals surface area contributed by atoms with Gasteiger partial charge >= 0.3 is 0 Å². The summed E-state index contributed by atoms with van der Waals surface area (Å²) in [4.78, 5) is 6.94. The minimum atomic E-state index is 0.539. The van der Waals surface area contributed by atoms with Crippen molar-refractivity contribution in [2.75, 3.05) is 25.5 Å². The molecule has 0 aromatic carbocycles. The van der Waals surface area contributed by atoms with Crippen LogP contribution in [-0.4, -0.2) is 30.0 Å². The van der Waals surface area contributed by atoms with E-state index in [0.717, 1.165) is 18.8 Å². The summed E-state index contributed by atoms with van der Waals surface area (Å²) < 4.78 is 0. The van der Waals surface area contributed by atoms with Gasteiger partial charge in [-0.25, -0.2) is 4.98 Å². The SMILES string of the molecule is CCCNc1ncccc1[C@H]1CCCCN1C. The van der Waals surface area contributed by atoms with Crippen LogP contribution in [0.5, 0.6) is 0 Å². The third-order valence-electron chi connectivity index (χ3n) is 3.51. The number of hydrogen-bond donors (Lipinski definition) is 1. The van der Waals surface area contributed by atoms with Gasteiger partial charge in [-0.2, -0.15) is 0 Å². The normalized spacial score (nSPS) is 21.4. The Balaban J connectivity index is 2.17. The van der Waals surface area contributed by atoms with Crippen molar-refractivity contribution in [3.8, 4) is 0 Å². The van der Waals surface area contributed by atoms with Gasteiger partial charge < -0.3 is 5.32 Å². The van der Waals surface area contributed by atoms with E-state index in [1.54, 1.807) is 0 Å². The zero-order valence-electron chi connectivity index (χ0n) is 10.9. The lowest BCUT2D eigenvalue weighted by Gasteiger charge is -2.33. The highest BCUT2D eigenvalue weighted by Crippen LogP contribution is 2.32. The monoisotopic (exact) mass is 233 g/mol. The molecule has 0 unspecified atom stereocenters. The number of piperidine rings is 1. The van der Waals surface area contributed by atoms with Crippen molar-refractivity contribution in [2.24, 2.45) is 0 Å². The zero-order chi connectivity index (χ0) is 12.1. The molecule has 0 spiro atoms. The van der Waals surface area contributed by atoms with Crippen molar-refractivity contribution >= 4 is 5.82 Å². The molecule has 1 aliphatic heterocycles. The predicted molar refractivity (Wildman–Crippen MR) is 72.2 cm³/mol. The molecule has 3 nitrogen and oxygen atoms in total. The number of likely N-dealkylation sites (tertiary alicyclic amines) is 1. The first-order chi connectivity index (χ1) is 8.33. The van der Waals surface area contributed by atoms with Crippen LogP contribution in [0.4, 0.5) is 5.82 Å². The maximum absolute atomic E-state index is 4.49. The molecule has 1 aromatic heterocycles. The van der Waals surface area contributed by atoms with Gasteiger partial charge in [0.1, 0.15) is 5.82 Å². The van der Waals surface area contributed by atoms with E-state index in [-0.39, 0.29) is 0 Å². The van der Waals surface area contributed by atoms with Crippen LogP contribution in [0.15, 0.2) is 18.3 Å². The van der Waals surface area contributed by atoms with Crippen LogP contribution in [0.1, 0.15) is 44.2 Å². The van der Waals surface area contributed by atoms with E-state index >= 15 is 0 Å². The summed E-state index contributed by atoms with van der Waals surface area (Å²) in [6.45, 7) is 4.38. The van der Waals surface area contributed by atoms with E-state index in [9.17, 15) is 0 Å². The molecule has 1 aromatic rings. The second kappa shape index (κ2) is 6.01. The Labute approximate surface area is 104 Å². The van der Waals surface area contributed by atoms with Crippen LogP contribution >= 0.6 is 0 Å². The molecule has 2 rings (SSSR count). The van der Waals surface area contributed by atoms with Crippen LogP contribution in [0.25, 0.3) is 0 Å². The highest BCUT2D eigenvalue weighted by molar-refractivity contribution is 5.45. The molecule has 94 valence electrons. The van der Waals surface area contributed by atoms with Gasteiger partial charge in [-0.3, -0.25) is 4.90 Å². The van der Waals surface area contributed by atoms with Gasteiger partial charge in [-0.15, -0.1) is 0 Å². The number of pyridine rings is 1. The first-order valence-corrected chi connectivity index (χ1v) is 6.72. The number of nitrogens with one attached hydrogen (secondary N) is 1. The summed E-state index contributed by atoms with van der Waals surface area (Å²) in [5.74, 6) is 1.08. The minimum absolute atomic E-state index is 0.539. The topological polar surface area (TPSA) is 28.2 Å². The molecule has 0 saturated carbocycles. The summed E-state index contributed by atoms with van der Waals surface area (Å²) in [6.07, 6.45) is 6.92. The van der Waals surface area contributed by atoms with Crippen molar-refractivity contribution < 1.29 is 0 Å². The molecule has 0 amide bonds. The fraction of sp³-hybridized carbons (Fsp3) is 0.643. The van der Waals surface area contributed by atoms with Crippen molar-refractivity contribution in [3.63, 3.8) is 0 Å². The maximum Gasteiger partial charge on any atom is 0.130 e. The Morgan fingerprint density at radius 2 is 2.35 bits per heavy atom. The number of aromatic nitrogens is 1. The quantitative estimate of drug-likeness (QED) is 0.866. The second-order valence-electron chi connectivity index (χ2n) is 4.86. The lowest BCUT2D eigenvalue weighted by atomic mass is 9.96. The molecule has 0 bridgehead atoms. The first-order valence-electron chi connectivity index (χ1n) is 6.72. The molecular formula is C14H23N3. The Morgan fingerprint density at radius 1 is 1.47 bits per heavy atom. The molecule has 1 aliphatic rings. The average molecular weight is 233 g/mol. The lowest BCUT2D eigenvalue weighted by molar-refractivity contribution is 0.187. The summed E-state index contributed by atoms with van der Waals surface area (Å²) in [5.41, 5.74) is 1.36. The maximum atomic E-state index is 4.49. The number of rotatable bonds is 4. The largest absolute Gasteiger partial charge is 0.370 e. The van der Waals surface area contributed by atoms with Crippen molar-refractivity contribution in [1.82, 2.24) is 9.88 Å². The number of anilines is 1. The van der Waals surface area contributed by atoms with Gasteiger partial charge in [-0.05, 0) is 38.9 Å². The lowest BCUT2D eigenvalue weighted by Crippen LogP contribution is -2.30. The molecule has 0 radical (unpaired) electrons. The summed E-state index contributed by atoms with van der Waals surface area (Å²) in [5, 5.41) is 3.44. The van der Waals surface area contributed by atoms with Crippen LogP contribution in [0.3, 0.4) is 0 Å². The molecule has 2 heterocycles. The smallest absolute Gasteiger partial charge is 0.130 e. The number of nitrogens with zero attached hydrogens (tertiary/aromatic N) is 2. The summed E-state index contributed by atoms with van der Waals surface area (Å²) in [7, 11) is 2.22. The third-order valence-corrected chi connectivity index (χ3v) is 3.51. The van der Waals surface area contributed by atoms with Crippen molar-refractivity contribution in [1.29, 1.82) is 0 Å². The van der Waals surface area contributed by atoms with E-state index in [0.29, 0.717) is 6.04 Å². The standard InChI is InChI=1S/C14H23N3/c1-3-9-15-14-12(7-6-10-16-14)13-8-4-5-11-17(13)2/h6-7,10,13H,3-5,8-9,11H2,1-2H3,(H,15,16)/t13-/m1/s1. The Morgan fingerprint density at radius 3 is 3.12 bits per heavy atom. The molecule has 1 atom stereocenters. The third kappa shape index (κ3) is 2.97. The van der Waals surface area contributed by atoms with E-state index in [1.807, 2.05) is 6.20 Å². The molecular weight excluding hydrogens is 210 g/mol. The van der Waals surface area contributed by atoms with Gasteiger partial charge in [0.2, 0.25) is 0 Å². The Kier molecular flexibility index (Phi) is 4.37.